The molecule has 0 heterocycles. The quantitative estimate of drug-likeness (QED) is 0.277. The number of carbonyl (C=O) groups is 1. The zero-order valence-corrected chi connectivity index (χ0v) is 6.68. The third-order valence-corrected chi connectivity index (χ3v) is 1.21. The van der Waals surface area contributed by atoms with Crippen molar-refractivity contribution < 1.29 is 10.0 Å². The molecule has 0 radical (unpaired) electrons. The van der Waals surface area contributed by atoms with Gasteiger partial charge in [-0.15, -0.1) is 0 Å². The molecule has 0 saturated heterocycles. The molecular formula is C8H13NO2. The Morgan fingerprint density at radius 1 is 1.55 bits per heavy atom. The lowest BCUT2D eigenvalue weighted by molar-refractivity contribution is -0.123. The lowest BCUT2D eigenvalue weighted by Gasteiger charge is -1.88. The van der Waals surface area contributed by atoms with Crippen LogP contribution in [0.1, 0.15) is 32.6 Å². The second-order valence-corrected chi connectivity index (χ2v) is 2.20. The molecule has 0 fully saturated rings. The van der Waals surface area contributed by atoms with Crippen LogP contribution in [0.4, 0.5) is 0 Å². The maximum absolute atomic E-state index is 10.3. The minimum absolute atomic E-state index is 0.638. The van der Waals surface area contributed by atoms with Crippen LogP contribution in [-0.4, -0.2) is 11.1 Å². The molecule has 0 atom stereocenters. The van der Waals surface area contributed by atoms with E-state index in [1.807, 2.05) is 0 Å². The second kappa shape index (κ2) is 7.10. The largest absolute Gasteiger partial charge is 0.319 e. The number of rotatable bonds is 3. The summed E-state index contributed by atoms with van der Waals surface area (Å²) in [6.45, 7) is 2.11. The summed E-state index contributed by atoms with van der Waals surface area (Å²) in [5.74, 6) is 4.25. The predicted molar refractivity (Wildman–Crippen MR) is 41.8 cm³/mol. The van der Waals surface area contributed by atoms with Crippen LogP contribution >= 0.6 is 0 Å². The minimum Gasteiger partial charge on any atom is -0.288 e. The number of hydrogen-bond acceptors (Lipinski definition) is 2. The smallest absolute Gasteiger partial charge is 0.288 e. The van der Waals surface area contributed by atoms with Crippen LogP contribution in [0.2, 0.25) is 0 Å². The van der Waals surface area contributed by atoms with Crippen LogP contribution in [0, 0.1) is 11.8 Å². The summed E-state index contributed by atoms with van der Waals surface area (Å²) in [6, 6.07) is 0. The molecule has 3 heteroatoms. The van der Waals surface area contributed by atoms with E-state index in [-0.39, 0.29) is 0 Å². The molecule has 0 aromatic carbocycles. The van der Waals surface area contributed by atoms with Gasteiger partial charge in [-0.25, -0.2) is 5.48 Å². The monoisotopic (exact) mass is 155 g/mol. The molecule has 0 bridgehead atoms. The van der Waals surface area contributed by atoms with Gasteiger partial charge in [-0.05, 0) is 12.3 Å². The first-order chi connectivity index (χ1) is 5.31. The van der Waals surface area contributed by atoms with E-state index >= 15 is 0 Å². The van der Waals surface area contributed by atoms with Crippen LogP contribution in [0.5, 0.6) is 0 Å². The van der Waals surface area contributed by atoms with Gasteiger partial charge in [0.1, 0.15) is 0 Å². The third-order valence-electron chi connectivity index (χ3n) is 1.21. The molecule has 0 unspecified atom stereocenters. The van der Waals surface area contributed by atoms with Crippen LogP contribution in [0.25, 0.3) is 0 Å². The zero-order chi connectivity index (χ0) is 8.53. The summed E-state index contributed by atoms with van der Waals surface area (Å²) in [6.07, 6.45) is 4.02. The molecule has 11 heavy (non-hydrogen) atoms. The molecule has 0 aromatic heterocycles. The fourth-order valence-electron chi connectivity index (χ4n) is 0.634. The first-order valence-electron chi connectivity index (χ1n) is 3.74. The van der Waals surface area contributed by atoms with E-state index in [0.717, 1.165) is 25.7 Å². The van der Waals surface area contributed by atoms with Gasteiger partial charge in [0.2, 0.25) is 0 Å². The van der Waals surface area contributed by atoms with E-state index in [0.29, 0.717) is 0 Å². The number of unbranched alkanes of at least 4 members (excludes halogenated alkanes) is 3. The minimum atomic E-state index is -0.638. The van der Waals surface area contributed by atoms with Crippen molar-refractivity contribution in [2.75, 3.05) is 0 Å². The van der Waals surface area contributed by atoms with Crippen molar-refractivity contribution in [3.63, 3.8) is 0 Å². The number of hydrogen-bond donors (Lipinski definition) is 2. The Morgan fingerprint density at radius 3 is 2.82 bits per heavy atom. The zero-order valence-electron chi connectivity index (χ0n) is 6.68. The normalized spacial score (nSPS) is 8.18. The van der Waals surface area contributed by atoms with E-state index in [9.17, 15) is 4.79 Å². The van der Waals surface area contributed by atoms with Gasteiger partial charge in [0.05, 0.1) is 0 Å². The van der Waals surface area contributed by atoms with Gasteiger partial charge in [-0.1, -0.05) is 25.7 Å². The molecule has 1 amide bonds. The maximum atomic E-state index is 10.3. The van der Waals surface area contributed by atoms with E-state index in [4.69, 9.17) is 5.21 Å². The molecule has 3 nitrogen and oxygen atoms in total. The van der Waals surface area contributed by atoms with Crippen molar-refractivity contribution in [1.82, 2.24) is 5.48 Å². The lowest BCUT2D eigenvalue weighted by Crippen LogP contribution is -2.15. The Balaban J connectivity index is 3.32. The van der Waals surface area contributed by atoms with E-state index in [2.05, 4.69) is 18.8 Å². The molecule has 0 saturated carbocycles. The van der Waals surface area contributed by atoms with Gasteiger partial charge < -0.3 is 0 Å². The predicted octanol–water partition coefficient (Wildman–Crippen LogP) is 1.08. The van der Waals surface area contributed by atoms with Crippen molar-refractivity contribution in [1.29, 1.82) is 0 Å². The molecule has 0 aliphatic carbocycles. The summed E-state index contributed by atoms with van der Waals surface area (Å²) >= 11 is 0. The summed E-state index contributed by atoms with van der Waals surface area (Å²) in [4.78, 5) is 10.3. The van der Waals surface area contributed by atoms with Crippen LogP contribution in [0.3, 0.4) is 0 Å². The molecular weight excluding hydrogens is 142 g/mol. The SMILES string of the molecule is CCCCCC#CC(=O)NO. The van der Waals surface area contributed by atoms with E-state index < -0.39 is 5.91 Å². The summed E-state index contributed by atoms with van der Waals surface area (Å²) in [5, 5.41) is 8.04. The average molecular weight is 155 g/mol. The van der Waals surface area contributed by atoms with Crippen molar-refractivity contribution >= 4 is 5.91 Å². The summed E-state index contributed by atoms with van der Waals surface area (Å²) in [7, 11) is 0. The highest BCUT2D eigenvalue weighted by atomic mass is 16.5. The van der Waals surface area contributed by atoms with E-state index in [1.165, 1.54) is 5.48 Å². The molecule has 0 aromatic rings. The maximum Gasteiger partial charge on any atom is 0.319 e. The van der Waals surface area contributed by atoms with Gasteiger partial charge in [0.25, 0.3) is 0 Å². The van der Waals surface area contributed by atoms with Crippen molar-refractivity contribution in [2.24, 2.45) is 0 Å². The Hall–Kier alpha value is -1.01. The topological polar surface area (TPSA) is 49.3 Å². The summed E-state index contributed by atoms with van der Waals surface area (Å²) in [5.41, 5.74) is 1.44. The van der Waals surface area contributed by atoms with Crippen LogP contribution < -0.4 is 5.48 Å². The Labute approximate surface area is 66.8 Å². The molecule has 2 N–H and O–H groups in total. The summed E-state index contributed by atoms with van der Waals surface area (Å²) < 4.78 is 0. The Morgan fingerprint density at radius 2 is 2.27 bits per heavy atom. The highest BCUT2D eigenvalue weighted by Crippen LogP contribution is 1.96. The Kier molecular flexibility index (Phi) is 6.45. The number of carbonyl (C=O) groups excluding carboxylic acids is 1. The van der Waals surface area contributed by atoms with Gasteiger partial charge in [0.15, 0.2) is 0 Å². The molecule has 0 rings (SSSR count). The second-order valence-electron chi connectivity index (χ2n) is 2.20. The molecule has 0 aliphatic rings. The number of amides is 1. The molecule has 0 spiro atoms. The fourth-order valence-corrected chi connectivity index (χ4v) is 0.634. The first-order valence-corrected chi connectivity index (χ1v) is 3.74. The van der Waals surface area contributed by atoms with E-state index in [1.54, 1.807) is 0 Å². The fraction of sp³-hybridized carbons (Fsp3) is 0.625. The van der Waals surface area contributed by atoms with Gasteiger partial charge >= 0.3 is 5.91 Å². The Bertz CT molecular complexity index is 167. The van der Waals surface area contributed by atoms with Crippen LogP contribution in [0.15, 0.2) is 0 Å². The molecule has 62 valence electrons. The average Bonchev–Trinajstić information content (AvgIpc) is 2.04. The van der Waals surface area contributed by atoms with Gasteiger partial charge in [-0.3, -0.25) is 10.0 Å². The molecule has 0 aliphatic heterocycles. The highest BCUT2D eigenvalue weighted by molar-refractivity contribution is 5.92. The van der Waals surface area contributed by atoms with Crippen molar-refractivity contribution in [2.45, 2.75) is 32.6 Å². The van der Waals surface area contributed by atoms with Crippen LogP contribution in [-0.2, 0) is 4.79 Å². The lowest BCUT2D eigenvalue weighted by atomic mass is 10.2. The standard InChI is InChI=1S/C8H13NO2/c1-2-3-4-5-6-7-8(10)9-11/h11H,2-5H2,1H3,(H,9,10). The number of hydroxylamine groups is 1. The third kappa shape index (κ3) is 6.88. The van der Waals surface area contributed by atoms with Gasteiger partial charge in [0, 0.05) is 6.42 Å². The van der Waals surface area contributed by atoms with Crippen molar-refractivity contribution in [3.05, 3.63) is 0 Å². The van der Waals surface area contributed by atoms with Gasteiger partial charge in [-0.2, -0.15) is 0 Å². The highest BCUT2D eigenvalue weighted by Gasteiger charge is 1.86. The number of nitrogens with one attached hydrogen (secondary N) is 1. The first kappa shape index (κ1) is 9.99. The van der Waals surface area contributed by atoms with Crippen molar-refractivity contribution in [3.8, 4) is 11.8 Å².